The number of ether oxygens (including phenoxy) is 1. The fourth-order valence-corrected chi connectivity index (χ4v) is 4.72. The number of anilines is 3. The first kappa shape index (κ1) is 23.4. The maximum atomic E-state index is 12.6. The zero-order valence-electron chi connectivity index (χ0n) is 20.9. The predicted molar refractivity (Wildman–Crippen MR) is 143 cm³/mol. The van der Waals surface area contributed by atoms with E-state index in [1.165, 1.54) is 0 Å². The second-order valence-corrected chi connectivity index (χ2v) is 9.90. The summed E-state index contributed by atoms with van der Waals surface area (Å²) in [5.41, 5.74) is 5.10. The van der Waals surface area contributed by atoms with Gasteiger partial charge in [0.1, 0.15) is 11.6 Å². The number of nitrogens with zero attached hydrogens (tertiary/aromatic N) is 4. The smallest absolute Gasteiger partial charge is 0.251 e. The normalized spacial score (nSPS) is 16.0. The molecule has 3 aromatic heterocycles. The maximum absolute atomic E-state index is 12.6. The molecule has 4 heterocycles. The van der Waals surface area contributed by atoms with Gasteiger partial charge in [-0.25, -0.2) is 4.98 Å². The lowest BCUT2D eigenvalue weighted by molar-refractivity contribution is 0.0699. The molecule has 0 radical (unpaired) electrons. The van der Waals surface area contributed by atoms with Gasteiger partial charge in [0.2, 0.25) is 0 Å². The van der Waals surface area contributed by atoms with Gasteiger partial charge in [-0.05, 0) is 67.9 Å². The van der Waals surface area contributed by atoms with E-state index in [9.17, 15) is 4.79 Å². The Balaban J connectivity index is 1.34. The second-order valence-electron chi connectivity index (χ2n) is 9.90. The number of fused-ring (bicyclic) bond motifs is 1. The molecular weight excluding hydrogens is 466 g/mol. The van der Waals surface area contributed by atoms with E-state index in [0.29, 0.717) is 23.3 Å². The van der Waals surface area contributed by atoms with Crippen LogP contribution in [0.15, 0.2) is 55.0 Å². The van der Waals surface area contributed by atoms with Crippen LogP contribution in [0.5, 0.6) is 0 Å². The average Bonchev–Trinajstić information content (AvgIpc) is 3.63. The van der Waals surface area contributed by atoms with Crippen molar-refractivity contribution in [2.24, 2.45) is 5.92 Å². The van der Waals surface area contributed by atoms with Crippen molar-refractivity contribution < 1.29 is 9.53 Å². The quantitative estimate of drug-likeness (QED) is 0.327. The van der Waals surface area contributed by atoms with Crippen molar-refractivity contribution in [1.29, 1.82) is 0 Å². The third-order valence-corrected chi connectivity index (χ3v) is 7.01. The maximum Gasteiger partial charge on any atom is 0.251 e. The number of amides is 1. The van der Waals surface area contributed by atoms with Gasteiger partial charge in [-0.1, -0.05) is 12.1 Å². The summed E-state index contributed by atoms with van der Waals surface area (Å²) in [6.45, 7) is 4.44. The molecule has 190 valence electrons. The number of pyridine rings is 1. The molecule has 2 aliphatic rings. The summed E-state index contributed by atoms with van der Waals surface area (Å²) < 4.78 is 7.37. The molecule has 1 aliphatic carbocycles. The Morgan fingerprint density at radius 3 is 2.73 bits per heavy atom. The lowest BCUT2D eigenvalue weighted by Crippen LogP contribution is -2.26. The highest BCUT2D eigenvalue weighted by atomic mass is 16.5. The molecule has 1 aromatic carbocycles. The van der Waals surface area contributed by atoms with Crippen LogP contribution in [-0.2, 0) is 4.74 Å². The summed E-state index contributed by atoms with van der Waals surface area (Å²) in [5, 5.41) is 14.7. The lowest BCUT2D eigenvalue weighted by Gasteiger charge is -2.23. The Labute approximate surface area is 215 Å². The van der Waals surface area contributed by atoms with Crippen molar-refractivity contribution in [3.05, 3.63) is 66.1 Å². The molecule has 3 N–H and O–H groups in total. The Hall–Kier alpha value is -3.98. The Bertz CT molecular complexity index is 1410. The highest BCUT2D eigenvalue weighted by molar-refractivity contribution is 5.97. The third kappa shape index (κ3) is 5.27. The molecule has 4 aromatic rings. The molecule has 9 heteroatoms. The molecule has 0 spiro atoms. The fourth-order valence-electron chi connectivity index (χ4n) is 4.72. The van der Waals surface area contributed by atoms with Crippen molar-refractivity contribution in [2.75, 3.05) is 30.4 Å². The zero-order valence-corrected chi connectivity index (χ0v) is 20.9. The minimum Gasteiger partial charge on any atom is -0.381 e. The van der Waals surface area contributed by atoms with Crippen molar-refractivity contribution >= 4 is 28.9 Å². The SMILES string of the molecule is Cc1cc(-c2cnn3c(NCC4CCOCC4)cc(Nc4cccnc4)nc23)ccc1C(=O)NC1CC1. The van der Waals surface area contributed by atoms with Crippen molar-refractivity contribution in [3.63, 3.8) is 0 Å². The molecular formula is C28H31N7O2. The van der Waals surface area contributed by atoms with Crippen LogP contribution in [0.2, 0.25) is 0 Å². The van der Waals surface area contributed by atoms with Crippen molar-refractivity contribution in [2.45, 2.75) is 38.6 Å². The second kappa shape index (κ2) is 10.2. The molecule has 1 aliphatic heterocycles. The van der Waals surface area contributed by atoms with E-state index >= 15 is 0 Å². The molecule has 0 unspecified atom stereocenters. The molecule has 1 saturated carbocycles. The summed E-state index contributed by atoms with van der Waals surface area (Å²) in [6.07, 6.45) is 9.59. The lowest BCUT2D eigenvalue weighted by atomic mass is 10.0. The van der Waals surface area contributed by atoms with Gasteiger partial charge in [-0.2, -0.15) is 9.61 Å². The van der Waals surface area contributed by atoms with E-state index in [4.69, 9.17) is 9.72 Å². The van der Waals surface area contributed by atoms with Crippen LogP contribution in [0.4, 0.5) is 17.3 Å². The van der Waals surface area contributed by atoms with Crippen LogP contribution in [0, 0.1) is 12.8 Å². The average molecular weight is 498 g/mol. The number of carbonyl (C=O) groups is 1. The number of rotatable bonds is 8. The minimum absolute atomic E-state index is 0.00732. The largest absolute Gasteiger partial charge is 0.381 e. The van der Waals surface area contributed by atoms with Crippen molar-refractivity contribution in [1.82, 2.24) is 24.9 Å². The number of aryl methyl sites for hydroxylation is 1. The summed E-state index contributed by atoms with van der Waals surface area (Å²) in [7, 11) is 0. The van der Waals surface area contributed by atoms with Crippen LogP contribution in [-0.4, -0.2) is 51.3 Å². The van der Waals surface area contributed by atoms with Gasteiger partial charge >= 0.3 is 0 Å². The Morgan fingerprint density at radius 2 is 1.97 bits per heavy atom. The molecule has 37 heavy (non-hydrogen) atoms. The summed E-state index contributed by atoms with van der Waals surface area (Å²) >= 11 is 0. The van der Waals surface area contributed by atoms with E-state index in [1.807, 2.05) is 54.0 Å². The van der Waals surface area contributed by atoms with Crippen LogP contribution >= 0.6 is 0 Å². The molecule has 1 saturated heterocycles. The van der Waals surface area contributed by atoms with E-state index in [2.05, 4.69) is 26.0 Å². The standard InChI is InChI=1S/C28H31N7O2/c1-18-13-20(4-7-23(18)28(36)33-21-5-6-21)24-17-31-35-26(30-15-19-8-11-37-12-9-19)14-25(34-27(24)35)32-22-3-2-10-29-16-22/h2-4,7,10,13-14,16-17,19,21,30H,5-6,8-9,11-12,15H2,1H3,(H,32,34)(H,33,36). The number of carbonyl (C=O) groups excluding carboxylic acids is 1. The molecule has 0 bridgehead atoms. The molecule has 1 amide bonds. The van der Waals surface area contributed by atoms with Gasteiger partial charge < -0.3 is 20.7 Å². The summed E-state index contributed by atoms with van der Waals surface area (Å²) in [4.78, 5) is 21.7. The van der Waals surface area contributed by atoms with E-state index < -0.39 is 0 Å². The van der Waals surface area contributed by atoms with Crippen LogP contribution in [0.3, 0.4) is 0 Å². The Morgan fingerprint density at radius 1 is 1.11 bits per heavy atom. The van der Waals surface area contributed by atoms with Gasteiger partial charge in [-0.15, -0.1) is 0 Å². The van der Waals surface area contributed by atoms with Gasteiger partial charge in [-0.3, -0.25) is 9.78 Å². The highest BCUT2D eigenvalue weighted by Gasteiger charge is 2.24. The molecule has 0 atom stereocenters. The van der Waals surface area contributed by atoms with Crippen LogP contribution in [0.1, 0.15) is 41.6 Å². The first-order chi connectivity index (χ1) is 18.1. The predicted octanol–water partition coefficient (Wildman–Crippen LogP) is 4.57. The number of aromatic nitrogens is 4. The number of benzene rings is 1. The summed E-state index contributed by atoms with van der Waals surface area (Å²) in [5.74, 6) is 2.12. The van der Waals surface area contributed by atoms with Crippen LogP contribution in [0.25, 0.3) is 16.8 Å². The van der Waals surface area contributed by atoms with Gasteiger partial charge in [0, 0.05) is 49.2 Å². The highest BCUT2D eigenvalue weighted by Crippen LogP contribution is 2.30. The van der Waals surface area contributed by atoms with Crippen LogP contribution < -0.4 is 16.0 Å². The first-order valence-corrected chi connectivity index (χ1v) is 12.9. The zero-order chi connectivity index (χ0) is 25.2. The van der Waals surface area contributed by atoms with E-state index in [-0.39, 0.29) is 5.91 Å². The third-order valence-electron chi connectivity index (χ3n) is 7.01. The van der Waals surface area contributed by atoms with E-state index in [1.54, 1.807) is 12.4 Å². The van der Waals surface area contributed by atoms with Gasteiger partial charge in [0.25, 0.3) is 5.91 Å². The number of hydrogen-bond acceptors (Lipinski definition) is 7. The van der Waals surface area contributed by atoms with Gasteiger partial charge in [0.05, 0.1) is 18.1 Å². The minimum atomic E-state index is -0.00732. The van der Waals surface area contributed by atoms with E-state index in [0.717, 1.165) is 79.3 Å². The van der Waals surface area contributed by atoms with Crippen molar-refractivity contribution in [3.8, 4) is 11.1 Å². The Kier molecular flexibility index (Phi) is 6.44. The molecule has 2 fully saturated rings. The fraction of sp³-hybridized carbons (Fsp3) is 0.357. The molecule has 6 rings (SSSR count). The molecule has 9 nitrogen and oxygen atoms in total. The number of hydrogen-bond donors (Lipinski definition) is 3. The summed E-state index contributed by atoms with van der Waals surface area (Å²) in [6, 6.07) is 12.1. The number of nitrogens with one attached hydrogen (secondary N) is 3. The topological polar surface area (TPSA) is 105 Å². The monoisotopic (exact) mass is 497 g/mol. The van der Waals surface area contributed by atoms with Gasteiger partial charge in [0.15, 0.2) is 5.65 Å². The first-order valence-electron chi connectivity index (χ1n) is 12.9.